The molecule has 0 saturated carbocycles. The molecule has 3 nitrogen and oxygen atoms in total. The van der Waals surface area contributed by atoms with E-state index in [-0.39, 0.29) is 18.7 Å². The monoisotopic (exact) mass is 255 g/mol. The molecule has 1 aromatic rings. The highest BCUT2D eigenvalue weighted by molar-refractivity contribution is 6.06. The summed E-state index contributed by atoms with van der Waals surface area (Å²) in [5.41, 5.74) is -0.0845. The molecule has 1 saturated heterocycles. The predicted octanol–water partition coefficient (Wildman–Crippen LogP) is 1.29. The zero-order chi connectivity index (χ0) is 13.3. The lowest BCUT2D eigenvalue weighted by molar-refractivity contribution is -0.144. The summed E-state index contributed by atoms with van der Waals surface area (Å²) >= 11 is 0. The number of alkyl halides is 1. The molecule has 1 aliphatic rings. The Balaban J connectivity index is 2.31. The molecule has 1 heterocycles. The number of hydrogen-bond acceptors (Lipinski definition) is 3. The summed E-state index contributed by atoms with van der Waals surface area (Å²) in [5, 5.41) is 0. The Morgan fingerprint density at radius 2 is 2.11 bits per heavy atom. The first-order valence-corrected chi connectivity index (χ1v) is 5.26. The average Bonchev–Trinajstić information content (AvgIpc) is 2.29. The summed E-state index contributed by atoms with van der Waals surface area (Å²) in [4.78, 5) is 12.9. The van der Waals surface area contributed by atoms with Gasteiger partial charge in [0.15, 0.2) is 0 Å². The average molecular weight is 255 g/mol. The SMILES string of the molecule is [B]OC(=O)C(c1ccc(F)cc1F)N1CC(F)C1. The fraction of sp³-hybridized carbons (Fsp3) is 0.364. The van der Waals surface area contributed by atoms with Crippen molar-refractivity contribution >= 4 is 14.0 Å². The minimum absolute atomic E-state index is 0.0173. The van der Waals surface area contributed by atoms with Gasteiger partial charge in [-0.15, -0.1) is 0 Å². The Bertz CT molecular complexity index is 466. The highest BCUT2D eigenvalue weighted by Crippen LogP contribution is 2.30. The van der Waals surface area contributed by atoms with Crippen molar-refractivity contribution in [3.63, 3.8) is 0 Å². The smallest absolute Gasteiger partial charge is 0.378 e. The van der Waals surface area contributed by atoms with E-state index in [0.29, 0.717) is 6.07 Å². The normalized spacial score (nSPS) is 18.2. The van der Waals surface area contributed by atoms with Crippen LogP contribution in [-0.2, 0) is 9.45 Å². The van der Waals surface area contributed by atoms with Crippen LogP contribution in [0.4, 0.5) is 13.2 Å². The van der Waals surface area contributed by atoms with Crippen LogP contribution in [0.25, 0.3) is 0 Å². The molecule has 94 valence electrons. The van der Waals surface area contributed by atoms with Gasteiger partial charge in [-0.2, -0.15) is 0 Å². The third kappa shape index (κ3) is 2.36. The summed E-state index contributed by atoms with van der Waals surface area (Å²) in [5.74, 6) is -2.57. The fourth-order valence-corrected chi connectivity index (χ4v) is 1.93. The summed E-state index contributed by atoms with van der Waals surface area (Å²) in [6.45, 7) is -0.0346. The van der Waals surface area contributed by atoms with Crippen LogP contribution >= 0.6 is 0 Å². The van der Waals surface area contributed by atoms with Gasteiger partial charge in [0.2, 0.25) is 0 Å². The van der Waals surface area contributed by atoms with E-state index in [0.717, 1.165) is 12.1 Å². The predicted molar refractivity (Wildman–Crippen MR) is 57.4 cm³/mol. The van der Waals surface area contributed by atoms with Crippen molar-refractivity contribution < 1.29 is 22.6 Å². The first kappa shape index (κ1) is 12.9. The fourth-order valence-electron chi connectivity index (χ4n) is 1.93. The highest BCUT2D eigenvalue weighted by Gasteiger charge is 2.38. The van der Waals surface area contributed by atoms with Gasteiger partial charge < -0.3 is 4.65 Å². The molecule has 1 aromatic carbocycles. The molecule has 1 atom stereocenters. The van der Waals surface area contributed by atoms with Gasteiger partial charge in [0.25, 0.3) is 0 Å². The van der Waals surface area contributed by atoms with Crippen molar-refractivity contribution in [1.29, 1.82) is 0 Å². The number of benzene rings is 1. The third-order valence-electron chi connectivity index (χ3n) is 2.83. The molecular formula is C11H9BF3NO2. The topological polar surface area (TPSA) is 29.5 Å². The lowest BCUT2D eigenvalue weighted by atomic mass is 10.00. The Hall–Kier alpha value is -1.50. The Morgan fingerprint density at radius 3 is 2.61 bits per heavy atom. The quantitative estimate of drug-likeness (QED) is 0.762. The Kier molecular flexibility index (Phi) is 3.61. The van der Waals surface area contributed by atoms with E-state index in [1.54, 1.807) is 0 Å². The molecule has 2 rings (SSSR count). The van der Waals surface area contributed by atoms with Gasteiger partial charge in [0.1, 0.15) is 23.8 Å². The third-order valence-corrected chi connectivity index (χ3v) is 2.83. The molecule has 0 amide bonds. The van der Waals surface area contributed by atoms with E-state index in [1.807, 2.05) is 0 Å². The van der Waals surface area contributed by atoms with Crippen molar-refractivity contribution in [2.24, 2.45) is 0 Å². The van der Waals surface area contributed by atoms with E-state index in [2.05, 4.69) is 4.65 Å². The van der Waals surface area contributed by atoms with E-state index in [4.69, 9.17) is 8.05 Å². The molecule has 0 aliphatic carbocycles. The molecule has 0 spiro atoms. The second kappa shape index (κ2) is 5.01. The van der Waals surface area contributed by atoms with E-state index in [9.17, 15) is 18.0 Å². The van der Waals surface area contributed by atoms with Crippen LogP contribution in [0.15, 0.2) is 18.2 Å². The van der Waals surface area contributed by atoms with Crippen LogP contribution in [0, 0.1) is 11.6 Å². The second-order valence-corrected chi connectivity index (χ2v) is 4.06. The molecule has 1 unspecified atom stereocenters. The van der Waals surface area contributed by atoms with Gasteiger partial charge in [0.05, 0.1) is 0 Å². The van der Waals surface area contributed by atoms with Crippen LogP contribution in [0.3, 0.4) is 0 Å². The van der Waals surface area contributed by atoms with Gasteiger partial charge in [0, 0.05) is 24.7 Å². The Labute approximate surface area is 103 Å². The van der Waals surface area contributed by atoms with Crippen molar-refractivity contribution in [3.8, 4) is 0 Å². The maximum atomic E-state index is 13.6. The largest absolute Gasteiger partial charge is 0.542 e. The van der Waals surface area contributed by atoms with E-state index >= 15 is 0 Å². The van der Waals surface area contributed by atoms with E-state index < -0.39 is 29.8 Å². The summed E-state index contributed by atoms with van der Waals surface area (Å²) < 4.78 is 43.3. The van der Waals surface area contributed by atoms with Gasteiger partial charge in [-0.1, -0.05) is 6.07 Å². The first-order valence-electron chi connectivity index (χ1n) is 5.26. The van der Waals surface area contributed by atoms with Crippen LogP contribution in [0.1, 0.15) is 11.6 Å². The molecule has 1 aliphatic heterocycles. The maximum Gasteiger partial charge on any atom is 0.378 e. The minimum atomic E-state index is -1.15. The first-order chi connectivity index (χ1) is 8.52. The highest BCUT2D eigenvalue weighted by atomic mass is 19.1. The van der Waals surface area contributed by atoms with Gasteiger partial charge in [-0.25, -0.2) is 13.2 Å². The summed E-state index contributed by atoms with van der Waals surface area (Å²) in [6.07, 6.45) is -1.07. The van der Waals surface area contributed by atoms with Crippen LogP contribution in [0.2, 0.25) is 0 Å². The number of halogens is 3. The van der Waals surface area contributed by atoms with Gasteiger partial charge >= 0.3 is 14.0 Å². The molecule has 18 heavy (non-hydrogen) atoms. The van der Waals surface area contributed by atoms with E-state index in [1.165, 1.54) is 4.90 Å². The molecule has 0 aromatic heterocycles. The number of rotatable bonds is 3. The van der Waals surface area contributed by atoms with Gasteiger partial charge in [-0.3, -0.25) is 9.69 Å². The summed E-state index contributed by atoms with van der Waals surface area (Å²) in [7, 11) is 4.78. The zero-order valence-electron chi connectivity index (χ0n) is 9.28. The number of hydrogen-bond donors (Lipinski definition) is 0. The number of carbonyl (C=O) groups excluding carboxylic acids is 1. The lowest BCUT2D eigenvalue weighted by Crippen LogP contribution is -2.52. The maximum absolute atomic E-state index is 13.6. The van der Waals surface area contributed by atoms with Gasteiger partial charge in [-0.05, 0) is 6.07 Å². The minimum Gasteiger partial charge on any atom is -0.542 e. The molecule has 0 bridgehead atoms. The number of likely N-dealkylation sites (tertiary alicyclic amines) is 1. The molecule has 0 N–H and O–H groups in total. The number of carbonyl (C=O) groups is 1. The van der Waals surface area contributed by atoms with Crippen LogP contribution < -0.4 is 0 Å². The molecule has 1 fully saturated rings. The van der Waals surface area contributed by atoms with Crippen molar-refractivity contribution in [2.75, 3.05) is 13.1 Å². The standard InChI is InChI=1S/C11H9BF3NO2/c12-18-11(17)10(16-4-7(14)5-16)8-2-1-6(13)3-9(8)15/h1-3,7,10H,4-5H2. The van der Waals surface area contributed by atoms with Crippen LogP contribution in [-0.4, -0.2) is 38.2 Å². The second-order valence-electron chi connectivity index (χ2n) is 4.06. The zero-order valence-corrected chi connectivity index (χ0v) is 9.28. The van der Waals surface area contributed by atoms with Crippen molar-refractivity contribution in [2.45, 2.75) is 12.2 Å². The molecule has 2 radical (unpaired) electrons. The number of nitrogens with zero attached hydrogens (tertiary/aromatic N) is 1. The van der Waals surface area contributed by atoms with Crippen LogP contribution in [0.5, 0.6) is 0 Å². The molecule has 7 heteroatoms. The van der Waals surface area contributed by atoms with Crippen molar-refractivity contribution in [3.05, 3.63) is 35.4 Å². The van der Waals surface area contributed by atoms with Crippen molar-refractivity contribution in [1.82, 2.24) is 4.90 Å². The summed E-state index contributed by atoms with van der Waals surface area (Å²) in [6, 6.07) is 1.64. The molecular weight excluding hydrogens is 246 g/mol. The Morgan fingerprint density at radius 1 is 1.44 bits per heavy atom. The lowest BCUT2D eigenvalue weighted by Gasteiger charge is -2.39.